The van der Waals surface area contributed by atoms with Gasteiger partial charge in [0, 0.05) is 0 Å². The van der Waals surface area contributed by atoms with Crippen molar-refractivity contribution in [2.24, 2.45) is 0 Å². The van der Waals surface area contributed by atoms with E-state index in [9.17, 15) is 0 Å². The van der Waals surface area contributed by atoms with Crippen molar-refractivity contribution in [1.29, 1.82) is 0 Å². The summed E-state index contributed by atoms with van der Waals surface area (Å²) in [5.74, 6) is 0. The largest absolute Gasteiger partial charge is 0.240 e. The minimum atomic E-state index is 0.546. The molecular weight excluding hydrogens is 181 g/mol. The lowest BCUT2D eigenvalue weighted by Gasteiger charge is -2.06. The molecule has 0 aliphatic rings. The van der Waals surface area contributed by atoms with Crippen molar-refractivity contribution in [3.05, 3.63) is 27.0 Å². The summed E-state index contributed by atoms with van der Waals surface area (Å²) in [7, 11) is 0. The van der Waals surface area contributed by atoms with Gasteiger partial charge < -0.3 is 0 Å². The van der Waals surface area contributed by atoms with Gasteiger partial charge in [0.05, 0.1) is 10.7 Å². The highest BCUT2D eigenvalue weighted by Gasteiger charge is 2.07. The highest BCUT2D eigenvalue weighted by atomic mass is 35.5. The molecule has 0 aliphatic carbocycles. The second-order valence-corrected chi connectivity index (χ2v) is 3.29. The molecule has 0 saturated carbocycles. The third kappa shape index (κ3) is 1.49. The Balaban J connectivity index is 3.46. The van der Waals surface area contributed by atoms with Crippen LogP contribution in [0.2, 0.25) is 10.2 Å². The van der Waals surface area contributed by atoms with Crippen LogP contribution in [0, 0.1) is 20.8 Å². The second-order valence-electron chi connectivity index (χ2n) is 2.55. The number of hydrogen-bond acceptors (Lipinski definition) is 1. The van der Waals surface area contributed by atoms with Gasteiger partial charge in [0.25, 0.3) is 0 Å². The van der Waals surface area contributed by atoms with E-state index < -0.39 is 0 Å². The molecule has 0 aliphatic heterocycles. The van der Waals surface area contributed by atoms with Crippen molar-refractivity contribution in [1.82, 2.24) is 4.98 Å². The average molecular weight is 190 g/mol. The first-order chi connectivity index (χ1) is 5.04. The Labute approximate surface area is 76.4 Å². The summed E-state index contributed by atoms with van der Waals surface area (Å²) >= 11 is 11.8. The van der Waals surface area contributed by atoms with Crippen LogP contribution >= 0.6 is 23.2 Å². The normalized spacial score (nSPS) is 10.3. The number of aromatic nitrogens is 1. The molecule has 1 rings (SSSR count). The predicted molar refractivity (Wildman–Crippen MR) is 48.5 cm³/mol. The highest BCUT2D eigenvalue weighted by Crippen LogP contribution is 2.25. The van der Waals surface area contributed by atoms with Gasteiger partial charge in [-0.1, -0.05) is 23.2 Å². The Kier molecular flexibility index (Phi) is 2.40. The van der Waals surface area contributed by atoms with Crippen molar-refractivity contribution in [2.45, 2.75) is 20.8 Å². The van der Waals surface area contributed by atoms with Crippen LogP contribution in [0.3, 0.4) is 0 Å². The molecular formula is C8H9Cl2N. The standard InChI is InChI=1S/C8H9Cl2N/c1-4-5(2)8(10)11-6(3)7(4)9/h1-3H3. The van der Waals surface area contributed by atoms with Crippen LogP contribution in [0.1, 0.15) is 16.8 Å². The van der Waals surface area contributed by atoms with Crippen LogP contribution in [0.15, 0.2) is 0 Å². The van der Waals surface area contributed by atoms with E-state index >= 15 is 0 Å². The minimum absolute atomic E-state index is 0.546. The molecule has 1 aromatic rings. The quantitative estimate of drug-likeness (QED) is 0.572. The van der Waals surface area contributed by atoms with Crippen LogP contribution in [0.25, 0.3) is 0 Å². The van der Waals surface area contributed by atoms with E-state index in [0.717, 1.165) is 16.8 Å². The minimum Gasteiger partial charge on any atom is -0.240 e. The lowest BCUT2D eigenvalue weighted by atomic mass is 10.1. The van der Waals surface area contributed by atoms with Gasteiger partial charge in [-0.25, -0.2) is 4.98 Å². The first-order valence-electron chi connectivity index (χ1n) is 3.33. The molecule has 0 aromatic carbocycles. The molecule has 0 atom stereocenters. The molecule has 0 N–H and O–H groups in total. The molecule has 0 amide bonds. The summed E-state index contributed by atoms with van der Waals surface area (Å²) in [5, 5.41) is 1.26. The topological polar surface area (TPSA) is 12.9 Å². The number of nitrogens with zero attached hydrogens (tertiary/aromatic N) is 1. The Morgan fingerprint density at radius 3 is 2.09 bits per heavy atom. The lowest BCUT2D eigenvalue weighted by Crippen LogP contribution is -1.92. The molecule has 0 fully saturated rings. The molecule has 0 spiro atoms. The maximum atomic E-state index is 5.93. The van der Waals surface area contributed by atoms with Crippen molar-refractivity contribution in [3.8, 4) is 0 Å². The smallest absolute Gasteiger partial charge is 0.132 e. The zero-order valence-electron chi connectivity index (χ0n) is 6.70. The maximum absolute atomic E-state index is 5.93. The molecule has 0 saturated heterocycles. The van der Waals surface area contributed by atoms with Gasteiger partial charge in [-0.2, -0.15) is 0 Å². The summed E-state index contributed by atoms with van der Waals surface area (Å²) < 4.78 is 0. The zero-order chi connectivity index (χ0) is 8.59. The summed E-state index contributed by atoms with van der Waals surface area (Å²) in [6.45, 7) is 5.70. The Bertz CT molecular complexity index is 268. The van der Waals surface area contributed by atoms with Gasteiger partial charge in [-0.3, -0.25) is 0 Å². The third-order valence-corrected chi connectivity index (χ3v) is 2.71. The van der Waals surface area contributed by atoms with Gasteiger partial charge in [0.1, 0.15) is 5.15 Å². The van der Waals surface area contributed by atoms with Crippen LogP contribution in [0.5, 0.6) is 0 Å². The molecule has 1 nitrogen and oxygen atoms in total. The van der Waals surface area contributed by atoms with E-state index in [1.165, 1.54) is 0 Å². The molecule has 1 aromatic heterocycles. The summed E-state index contributed by atoms with van der Waals surface area (Å²) in [6, 6.07) is 0. The van der Waals surface area contributed by atoms with E-state index in [0.29, 0.717) is 10.2 Å². The SMILES string of the molecule is Cc1nc(Cl)c(C)c(C)c1Cl. The van der Waals surface area contributed by atoms with E-state index in [2.05, 4.69) is 4.98 Å². The van der Waals surface area contributed by atoms with Crippen molar-refractivity contribution in [2.75, 3.05) is 0 Å². The lowest BCUT2D eigenvalue weighted by molar-refractivity contribution is 1.14. The fraction of sp³-hybridized carbons (Fsp3) is 0.375. The van der Waals surface area contributed by atoms with Crippen LogP contribution in [0.4, 0.5) is 0 Å². The van der Waals surface area contributed by atoms with E-state index in [4.69, 9.17) is 23.2 Å². The number of hydrogen-bond donors (Lipinski definition) is 0. The Morgan fingerprint density at radius 1 is 1.00 bits per heavy atom. The van der Waals surface area contributed by atoms with E-state index in [1.807, 2.05) is 20.8 Å². The first-order valence-corrected chi connectivity index (χ1v) is 4.08. The van der Waals surface area contributed by atoms with E-state index in [-0.39, 0.29) is 0 Å². The fourth-order valence-electron chi connectivity index (χ4n) is 0.871. The Hall–Kier alpha value is -0.270. The number of pyridine rings is 1. The summed E-state index contributed by atoms with van der Waals surface area (Å²) in [6.07, 6.45) is 0. The highest BCUT2D eigenvalue weighted by molar-refractivity contribution is 6.33. The van der Waals surface area contributed by atoms with Crippen LogP contribution < -0.4 is 0 Å². The molecule has 0 unspecified atom stereocenters. The number of aryl methyl sites for hydroxylation is 1. The summed E-state index contributed by atoms with van der Waals surface area (Å²) in [5.41, 5.74) is 2.77. The molecule has 11 heavy (non-hydrogen) atoms. The third-order valence-electron chi connectivity index (χ3n) is 1.78. The van der Waals surface area contributed by atoms with Gasteiger partial charge in [0.2, 0.25) is 0 Å². The second kappa shape index (κ2) is 3.00. The molecule has 0 radical (unpaired) electrons. The summed E-state index contributed by atoms with van der Waals surface area (Å²) in [4.78, 5) is 4.07. The fourth-order valence-corrected chi connectivity index (χ4v) is 1.32. The predicted octanol–water partition coefficient (Wildman–Crippen LogP) is 3.31. The molecule has 3 heteroatoms. The van der Waals surface area contributed by atoms with Gasteiger partial charge >= 0.3 is 0 Å². The molecule has 1 heterocycles. The molecule has 0 bridgehead atoms. The van der Waals surface area contributed by atoms with Gasteiger partial charge in [0.15, 0.2) is 0 Å². The van der Waals surface area contributed by atoms with Gasteiger partial charge in [-0.15, -0.1) is 0 Å². The molecule has 60 valence electrons. The zero-order valence-corrected chi connectivity index (χ0v) is 8.22. The van der Waals surface area contributed by atoms with E-state index in [1.54, 1.807) is 0 Å². The number of rotatable bonds is 0. The van der Waals surface area contributed by atoms with Gasteiger partial charge in [-0.05, 0) is 31.9 Å². The van der Waals surface area contributed by atoms with Crippen molar-refractivity contribution >= 4 is 23.2 Å². The average Bonchev–Trinajstić information content (AvgIpc) is 1.97. The number of halogens is 2. The van der Waals surface area contributed by atoms with Crippen molar-refractivity contribution < 1.29 is 0 Å². The van der Waals surface area contributed by atoms with Crippen molar-refractivity contribution in [3.63, 3.8) is 0 Å². The maximum Gasteiger partial charge on any atom is 0.132 e. The Morgan fingerprint density at radius 2 is 1.55 bits per heavy atom. The van der Waals surface area contributed by atoms with Crippen LogP contribution in [-0.4, -0.2) is 4.98 Å². The first kappa shape index (κ1) is 8.82. The monoisotopic (exact) mass is 189 g/mol. The van der Waals surface area contributed by atoms with Crippen LogP contribution in [-0.2, 0) is 0 Å².